The Morgan fingerprint density at radius 3 is 2.50 bits per heavy atom. The van der Waals surface area contributed by atoms with E-state index in [1.807, 2.05) is 11.8 Å². The Labute approximate surface area is 90.4 Å². The van der Waals surface area contributed by atoms with Gasteiger partial charge in [0, 0.05) is 11.7 Å². The number of hydrogen-bond acceptors (Lipinski definition) is 3. The number of nitrogens with zero attached hydrogens (tertiary/aromatic N) is 1. The zero-order valence-corrected chi connectivity index (χ0v) is 9.68. The number of carbonyl (C=O) groups excluding carboxylic acids is 1. The Morgan fingerprint density at radius 1 is 1.29 bits per heavy atom. The van der Waals surface area contributed by atoms with Crippen LogP contribution >= 0.6 is 11.8 Å². The third-order valence-electron chi connectivity index (χ3n) is 3.52. The molecule has 1 saturated heterocycles. The fourth-order valence-electron chi connectivity index (χ4n) is 2.61. The quantitative estimate of drug-likeness (QED) is 0.699. The van der Waals surface area contributed by atoms with E-state index >= 15 is 0 Å². The van der Waals surface area contributed by atoms with Gasteiger partial charge in [0.2, 0.25) is 0 Å². The molecule has 2 rings (SSSR count). The van der Waals surface area contributed by atoms with E-state index in [0.29, 0.717) is 5.78 Å². The molecule has 1 atom stereocenters. The third-order valence-corrected chi connectivity index (χ3v) is 4.66. The Bertz CT molecular complexity index is 211. The molecule has 1 heterocycles. The van der Waals surface area contributed by atoms with Gasteiger partial charge in [-0.15, -0.1) is 0 Å². The summed E-state index contributed by atoms with van der Waals surface area (Å²) in [6.45, 7) is 2.28. The highest BCUT2D eigenvalue weighted by atomic mass is 32.2. The number of Topliss-reactive ketones (excluding diaryl/α,β-unsaturated/α-hetero) is 1. The van der Waals surface area contributed by atoms with Crippen molar-refractivity contribution in [3.05, 3.63) is 0 Å². The predicted molar refractivity (Wildman–Crippen MR) is 60.8 cm³/mol. The van der Waals surface area contributed by atoms with Crippen molar-refractivity contribution in [2.45, 2.75) is 43.4 Å². The van der Waals surface area contributed by atoms with Crippen molar-refractivity contribution in [2.75, 3.05) is 19.3 Å². The van der Waals surface area contributed by atoms with E-state index in [9.17, 15) is 4.79 Å². The molecule has 1 unspecified atom stereocenters. The number of rotatable bonds is 2. The average Bonchev–Trinajstić information content (AvgIpc) is 2.65. The fraction of sp³-hybridized carbons (Fsp3) is 0.909. The van der Waals surface area contributed by atoms with E-state index < -0.39 is 0 Å². The summed E-state index contributed by atoms with van der Waals surface area (Å²) in [5.41, 5.74) is 0. The molecule has 2 fully saturated rings. The fourth-order valence-corrected chi connectivity index (χ4v) is 3.29. The standard InChI is InChI=1S/C11H19NOS/c1-14-9-5-7-12(8-6-9)10-3-2-4-11(10)13/h9-10H,2-8H2,1H3. The van der Waals surface area contributed by atoms with E-state index in [0.717, 1.165) is 37.6 Å². The van der Waals surface area contributed by atoms with Crippen LogP contribution in [-0.2, 0) is 4.79 Å². The molecule has 14 heavy (non-hydrogen) atoms. The summed E-state index contributed by atoms with van der Waals surface area (Å²) >= 11 is 1.98. The van der Waals surface area contributed by atoms with Gasteiger partial charge < -0.3 is 0 Å². The van der Waals surface area contributed by atoms with E-state index in [1.54, 1.807) is 0 Å². The van der Waals surface area contributed by atoms with Crippen molar-refractivity contribution in [1.82, 2.24) is 4.90 Å². The van der Waals surface area contributed by atoms with Gasteiger partial charge in [-0.1, -0.05) is 0 Å². The molecule has 2 aliphatic rings. The van der Waals surface area contributed by atoms with E-state index in [1.165, 1.54) is 12.8 Å². The van der Waals surface area contributed by atoms with Crippen LogP contribution in [0.3, 0.4) is 0 Å². The summed E-state index contributed by atoms with van der Waals surface area (Å²) in [5, 5.41) is 0.836. The highest BCUT2D eigenvalue weighted by Gasteiger charge is 2.32. The van der Waals surface area contributed by atoms with E-state index in [2.05, 4.69) is 11.2 Å². The minimum absolute atomic E-state index is 0.290. The maximum atomic E-state index is 11.6. The molecule has 0 aromatic rings. The summed E-state index contributed by atoms with van der Waals surface area (Å²) in [6.07, 6.45) is 7.79. The van der Waals surface area contributed by atoms with Gasteiger partial charge in [-0.05, 0) is 45.0 Å². The molecular weight excluding hydrogens is 194 g/mol. The van der Waals surface area contributed by atoms with Crippen molar-refractivity contribution in [2.24, 2.45) is 0 Å². The number of thioether (sulfide) groups is 1. The summed E-state index contributed by atoms with van der Waals surface area (Å²) in [4.78, 5) is 14.0. The van der Waals surface area contributed by atoms with Crippen LogP contribution in [0.2, 0.25) is 0 Å². The molecular formula is C11H19NOS. The molecule has 1 aliphatic heterocycles. The molecule has 0 spiro atoms. The van der Waals surface area contributed by atoms with Crippen molar-refractivity contribution >= 4 is 17.5 Å². The molecule has 0 bridgehead atoms. The second kappa shape index (κ2) is 4.67. The van der Waals surface area contributed by atoms with Crippen molar-refractivity contribution in [1.29, 1.82) is 0 Å². The number of ketones is 1. The van der Waals surface area contributed by atoms with Crippen molar-refractivity contribution < 1.29 is 4.79 Å². The molecule has 1 aliphatic carbocycles. The monoisotopic (exact) mass is 213 g/mol. The zero-order chi connectivity index (χ0) is 9.97. The summed E-state index contributed by atoms with van der Waals surface area (Å²) in [6, 6.07) is 0.290. The number of carbonyl (C=O) groups is 1. The van der Waals surface area contributed by atoms with Crippen LogP contribution in [0.25, 0.3) is 0 Å². The Morgan fingerprint density at radius 2 is 2.00 bits per heavy atom. The van der Waals surface area contributed by atoms with Crippen LogP contribution in [0, 0.1) is 0 Å². The van der Waals surface area contributed by atoms with Crippen LogP contribution in [0.4, 0.5) is 0 Å². The first kappa shape index (κ1) is 10.5. The SMILES string of the molecule is CSC1CCN(C2CCCC2=O)CC1. The molecule has 0 aromatic carbocycles. The van der Waals surface area contributed by atoms with Gasteiger partial charge >= 0.3 is 0 Å². The van der Waals surface area contributed by atoms with Crippen LogP contribution in [0.5, 0.6) is 0 Å². The molecule has 3 heteroatoms. The first-order chi connectivity index (χ1) is 6.81. The number of likely N-dealkylation sites (tertiary alicyclic amines) is 1. The first-order valence-corrected chi connectivity index (χ1v) is 6.89. The Balaban J connectivity index is 1.85. The van der Waals surface area contributed by atoms with Gasteiger partial charge in [-0.25, -0.2) is 0 Å². The third kappa shape index (κ3) is 2.14. The van der Waals surface area contributed by atoms with Crippen molar-refractivity contribution in [3.63, 3.8) is 0 Å². The minimum Gasteiger partial charge on any atom is -0.298 e. The molecule has 2 nitrogen and oxygen atoms in total. The van der Waals surface area contributed by atoms with E-state index in [-0.39, 0.29) is 6.04 Å². The largest absolute Gasteiger partial charge is 0.298 e. The van der Waals surface area contributed by atoms with Gasteiger partial charge in [0.1, 0.15) is 5.78 Å². The topological polar surface area (TPSA) is 20.3 Å². The second-order valence-corrected chi connectivity index (χ2v) is 5.48. The van der Waals surface area contributed by atoms with Crippen LogP contribution in [0.1, 0.15) is 32.1 Å². The molecule has 0 aromatic heterocycles. The maximum absolute atomic E-state index is 11.6. The molecule has 80 valence electrons. The highest BCUT2D eigenvalue weighted by Crippen LogP contribution is 2.27. The van der Waals surface area contributed by atoms with Gasteiger partial charge in [0.15, 0.2) is 0 Å². The summed E-state index contributed by atoms with van der Waals surface area (Å²) in [5.74, 6) is 0.493. The normalized spacial score (nSPS) is 31.2. The lowest BCUT2D eigenvalue weighted by molar-refractivity contribution is -0.122. The Kier molecular flexibility index (Phi) is 3.50. The second-order valence-electron chi connectivity index (χ2n) is 4.35. The van der Waals surface area contributed by atoms with Gasteiger partial charge in [-0.2, -0.15) is 11.8 Å². The lowest BCUT2D eigenvalue weighted by atomic mass is 10.1. The Hall–Kier alpha value is -0.0200. The highest BCUT2D eigenvalue weighted by molar-refractivity contribution is 7.99. The average molecular weight is 213 g/mol. The molecule has 0 N–H and O–H groups in total. The molecule has 1 saturated carbocycles. The molecule has 0 amide bonds. The van der Waals surface area contributed by atoms with Gasteiger partial charge in [0.05, 0.1) is 6.04 Å². The summed E-state index contributed by atoms with van der Waals surface area (Å²) in [7, 11) is 0. The maximum Gasteiger partial charge on any atom is 0.149 e. The smallest absolute Gasteiger partial charge is 0.149 e. The van der Waals surface area contributed by atoms with Crippen LogP contribution in [0.15, 0.2) is 0 Å². The van der Waals surface area contributed by atoms with Crippen LogP contribution < -0.4 is 0 Å². The first-order valence-electron chi connectivity index (χ1n) is 5.61. The summed E-state index contributed by atoms with van der Waals surface area (Å²) < 4.78 is 0. The lowest BCUT2D eigenvalue weighted by Crippen LogP contribution is -2.44. The minimum atomic E-state index is 0.290. The predicted octanol–water partition coefficient (Wildman–Crippen LogP) is 1.94. The number of piperidine rings is 1. The van der Waals surface area contributed by atoms with Crippen LogP contribution in [-0.4, -0.2) is 41.3 Å². The molecule has 0 radical (unpaired) electrons. The lowest BCUT2D eigenvalue weighted by Gasteiger charge is -2.34. The zero-order valence-electron chi connectivity index (χ0n) is 8.87. The van der Waals surface area contributed by atoms with Crippen molar-refractivity contribution in [3.8, 4) is 0 Å². The van der Waals surface area contributed by atoms with E-state index in [4.69, 9.17) is 0 Å². The van der Waals surface area contributed by atoms with Gasteiger partial charge in [-0.3, -0.25) is 9.69 Å². The van der Waals surface area contributed by atoms with Gasteiger partial charge in [0.25, 0.3) is 0 Å². The number of hydrogen-bond donors (Lipinski definition) is 0.